The number of pyridine rings is 1. The summed E-state index contributed by atoms with van der Waals surface area (Å²) in [5.74, 6) is -1.30. The SMILES string of the molecule is C=CC(=O)OCCC(=O)Oc1cc[n+](CCCS(=O)(=O)[O-])cc1. The van der Waals surface area contributed by atoms with Gasteiger partial charge in [0.25, 0.3) is 0 Å². The van der Waals surface area contributed by atoms with E-state index >= 15 is 0 Å². The van der Waals surface area contributed by atoms with E-state index in [0.29, 0.717) is 12.3 Å². The molecule has 0 bridgehead atoms. The van der Waals surface area contributed by atoms with E-state index in [0.717, 1.165) is 6.08 Å². The number of carbonyl (C=O) groups is 2. The normalized spacial score (nSPS) is 10.8. The average Bonchev–Trinajstić information content (AvgIpc) is 2.47. The van der Waals surface area contributed by atoms with Crippen LogP contribution in [0, 0.1) is 0 Å². The maximum atomic E-state index is 11.5. The van der Waals surface area contributed by atoms with Crippen LogP contribution in [0.5, 0.6) is 5.75 Å². The zero-order chi connectivity index (χ0) is 17.3. The topological polar surface area (TPSA) is 114 Å². The predicted molar refractivity (Wildman–Crippen MR) is 77.2 cm³/mol. The fraction of sp³-hybridized carbons (Fsp3) is 0.357. The molecule has 0 amide bonds. The first kappa shape index (κ1) is 18.8. The fourth-order valence-electron chi connectivity index (χ4n) is 1.56. The summed E-state index contributed by atoms with van der Waals surface area (Å²) < 4.78 is 42.8. The van der Waals surface area contributed by atoms with Crippen molar-refractivity contribution < 1.29 is 36.6 Å². The molecule has 126 valence electrons. The van der Waals surface area contributed by atoms with Gasteiger partial charge in [-0.2, -0.15) is 0 Å². The van der Waals surface area contributed by atoms with Crippen molar-refractivity contribution in [3.63, 3.8) is 0 Å². The standard InChI is InChI=1S/C14H17NO7S/c1-2-13(16)21-10-6-14(17)22-12-4-8-15(9-5-12)7-3-11-23(18,19)20/h2,4-5,8-9H,1,3,6-7,10-11H2. The summed E-state index contributed by atoms with van der Waals surface area (Å²) in [6.45, 7) is 3.48. The highest BCUT2D eigenvalue weighted by molar-refractivity contribution is 7.85. The smallest absolute Gasteiger partial charge is 0.330 e. The molecule has 1 aromatic rings. The molecule has 0 aliphatic carbocycles. The van der Waals surface area contributed by atoms with E-state index < -0.39 is 27.8 Å². The largest absolute Gasteiger partial charge is 0.748 e. The van der Waals surface area contributed by atoms with Crippen LogP contribution < -0.4 is 9.30 Å². The number of esters is 2. The van der Waals surface area contributed by atoms with E-state index in [4.69, 9.17) is 4.74 Å². The van der Waals surface area contributed by atoms with Crippen molar-refractivity contribution in [1.29, 1.82) is 0 Å². The van der Waals surface area contributed by atoms with Gasteiger partial charge in [0.15, 0.2) is 12.4 Å². The molecule has 0 N–H and O–H groups in total. The second-order valence-electron chi connectivity index (χ2n) is 4.48. The number of hydrogen-bond acceptors (Lipinski definition) is 7. The Labute approximate surface area is 134 Å². The Balaban J connectivity index is 2.37. The Morgan fingerprint density at radius 1 is 1.30 bits per heavy atom. The third-order valence-electron chi connectivity index (χ3n) is 2.62. The molecule has 23 heavy (non-hydrogen) atoms. The Hall–Kier alpha value is -2.26. The van der Waals surface area contributed by atoms with Gasteiger partial charge in [-0.05, 0) is 0 Å². The van der Waals surface area contributed by atoms with Crippen molar-refractivity contribution in [2.75, 3.05) is 12.4 Å². The molecule has 0 saturated carbocycles. The van der Waals surface area contributed by atoms with E-state index in [1.807, 2.05) is 0 Å². The quantitative estimate of drug-likeness (QED) is 0.267. The fourth-order valence-corrected chi connectivity index (χ4v) is 2.04. The lowest BCUT2D eigenvalue weighted by Gasteiger charge is -2.05. The zero-order valence-electron chi connectivity index (χ0n) is 12.3. The number of carbonyl (C=O) groups excluding carboxylic acids is 2. The van der Waals surface area contributed by atoms with Gasteiger partial charge in [0.2, 0.25) is 0 Å². The van der Waals surface area contributed by atoms with Gasteiger partial charge >= 0.3 is 11.9 Å². The van der Waals surface area contributed by atoms with Crippen LogP contribution in [0.25, 0.3) is 0 Å². The summed E-state index contributed by atoms with van der Waals surface area (Å²) in [6, 6.07) is 3.05. The zero-order valence-corrected chi connectivity index (χ0v) is 13.2. The number of aromatic nitrogens is 1. The first-order chi connectivity index (χ1) is 10.8. The lowest BCUT2D eigenvalue weighted by molar-refractivity contribution is -0.696. The molecule has 0 spiro atoms. The number of aryl methyl sites for hydroxylation is 1. The van der Waals surface area contributed by atoms with Crippen molar-refractivity contribution in [3.05, 3.63) is 37.2 Å². The number of hydrogen-bond donors (Lipinski definition) is 0. The van der Waals surface area contributed by atoms with E-state index in [-0.39, 0.29) is 19.4 Å². The van der Waals surface area contributed by atoms with Crippen molar-refractivity contribution in [2.24, 2.45) is 0 Å². The molecule has 8 nitrogen and oxygen atoms in total. The lowest BCUT2D eigenvalue weighted by atomic mass is 10.4. The molecule has 1 heterocycles. The maximum absolute atomic E-state index is 11.5. The van der Waals surface area contributed by atoms with Gasteiger partial charge in [-0.15, -0.1) is 0 Å². The highest BCUT2D eigenvalue weighted by Gasteiger charge is 2.08. The molecule has 0 atom stereocenters. The van der Waals surface area contributed by atoms with Gasteiger partial charge in [-0.1, -0.05) is 6.58 Å². The van der Waals surface area contributed by atoms with Gasteiger partial charge in [-0.25, -0.2) is 17.8 Å². The molecule has 0 fully saturated rings. The lowest BCUT2D eigenvalue weighted by Crippen LogP contribution is -2.33. The van der Waals surface area contributed by atoms with Crippen molar-refractivity contribution in [2.45, 2.75) is 19.4 Å². The summed E-state index contributed by atoms with van der Waals surface area (Å²) in [4.78, 5) is 22.3. The van der Waals surface area contributed by atoms with E-state index in [9.17, 15) is 22.6 Å². The van der Waals surface area contributed by atoms with Crippen LogP contribution in [0.2, 0.25) is 0 Å². The van der Waals surface area contributed by atoms with Crippen LogP contribution in [0.15, 0.2) is 37.2 Å². The Kier molecular flexibility index (Phi) is 7.36. The number of rotatable bonds is 9. The monoisotopic (exact) mass is 343 g/mol. The van der Waals surface area contributed by atoms with Gasteiger partial charge in [0.05, 0.1) is 16.5 Å². The van der Waals surface area contributed by atoms with Gasteiger partial charge in [0, 0.05) is 30.4 Å². The molecular weight excluding hydrogens is 326 g/mol. The van der Waals surface area contributed by atoms with Crippen LogP contribution in [0.4, 0.5) is 0 Å². The molecule has 0 aliphatic rings. The second-order valence-corrected chi connectivity index (χ2v) is 6.01. The van der Waals surface area contributed by atoms with Gasteiger partial charge in [0.1, 0.15) is 18.9 Å². The Morgan fingerprint density at radius 2 is 1.96 bits per heavy atom. The maximum Gasteiger partial charge on any atom is 0.330 e. The summed E-state index contributed by atoms with van der Waals surface area (Å²) in [7, 11) is -4.21. The van der Waals surface area contributed by atoms with Crippen molar-refractivity contribution >= 4 is 22.1 Å². The van der Waals surface area contributed by atoms with Crippen LogP contribution in [-0.4, -0.2) is 37.3 Å². The molecule has 0 saturated heterocycles. The Morgan fingerprint density at radius 3 is 2.52 bits per heavy atom. The first-order valence-electron chi connectivity index (χ1n) is 6.73. The molecule has 1 aromatic heterocycles. The molecular formula is C14H17NO7S. The van der Waals surface area contributed by atoms with Crippen LogP contribution >= 0.6 is 0 Å². The first-order valence-corrected chi connectivity index (χ1v) is 8.30. The highest BCUT2D eigenvalue weighted by atomic mass is 32.2. The highest BCUT2D eigenvalue weighted by Crippen LogP contribution is 2.07. The number of nitrogens with zero attached hydrogens (tertiary/aromatic N) is 1. The van der Waals surface area contributed by atoms with E-state index in [1.54, 1.807) is 17.0 Å². The Bertz CT molecular complexity index is 652. The van der Waals surface area contributed by atoms with E-state index in [2.05, 4.69) is 11.3 Å². The minimum atomic E-state index is -4.21. The van der Waals surface area contributed by atoms with Crippen molar-refractivity contribution in [1.82, 2.24) is 0 Å². The summed E-state index contributed by atoms with van der Waals surface area (Å²) in [6.07, 6.45) is 4.30. The van der Waals surface area contributed by atoms with Gasteiger partial charge < -0.3 is 14.0 Å². The van der Waals surface area contributed by atoms with E-state index in [1.165, 1.54) is 12.1 Å². The van der Waals surface area contributed by atoms with Gasteiger partial charge in [-0.3, -0.25) is 4.79 Å². The van der Waals surface area contributed by atoms with Crippen LogP contribution in [0.3, 0.4) is 0 Å². The molecule has 0 radical (unpaired) electrons. The molecule has 1 rings (SSSR count). The summed E-state index contributed by atoms with van der Waals surface area (Å²) >= 11 is 0. The molecule has 0 aromatic carbocycles. The number of ether oxygens (including phenoxy) is 2. The molecule has 0 unspecified atom stereocenters. The average molecular weight is 343 g/mol. The molecule has 0 aliphatic heterocycles. The minimum Gasteiger partial charge on any atom is -0.748 e. The van der Waals surface area contributed by atoms with Crippen LogP contribution in [0.1, 0.15) is 12.8 Å². The van der Waals surface area contributed by atoms with Crippen LogP contribution in [-0.2, 0) is 31.0 Å². The summed E-state index contributed by atoms with van der Waals surface area (Å²) in [5.41, 5.74) is 0. The third kappa shape index (κ3) is 8.69. The second kappa shape index (κ2) is 9.01. The molecule has 9 heteroatoms. The van der Waals surface area contributed by atoms with Crippen molar-refractivity contribution in [3.8, 4) is 5.75 Å². The minimum absolute atomic E-state index is 0.0875. The third-order valence-corrected chi connectivity index (χ3v) is 3.41. The summed E-state index contributed by atoms with van der Waals surface area (Å²) in [5, 5.41) is 0. The predicted octanol–water partition coefficient (Wildman–Crippen LogP) is -0.0659.